The van der Waals surface area contributed by atoms with Crippen LogP contribution < -0.4 is 4.74 Å². The molecule has 1 N–H and O–H groups in total. The van der Waals surface area contributed by atoms with Crippen LogP contribution in [-0.4, -0.2) is 12.2 Å². The fraction of sp³-hybridized carbons (Fsp3) is 0.333. The number of aryl methyl sites for hydroxylation is 3. The summed E-state index contributed by atoms with van der Waals surface area (Å²) in [6.07, 6.45) is 1.54. The van der Waals surface area contributed by atoms with E-state index in [4.69, 9.17) is 4.74 Å². The molecule has 2 aromatic carbocycles. The highest BCUT2D eigenvalue weighted by Gasteiger charge is 2.20. The summed E-state index contributed by atoms with van der Waals surface area (Å²) in [5, 5.41) is 9.88. The highest BCUT2D eigenvalue weighted by molar-refractivity contribution is 5.69. The van der Waals surface area contributed by atoms with Gasteiger partial charge >= 0.3 is 0 Å². The van der Waals surface area contributed by atoms with E-state index in [1.165, 1.54) is 16.7 Å². The van der Waals surface area contributed by atoms with Gasteiger partial charge in [0.05, 0.1) is 13.2 Å². The first-order chi connectivity index (χ1) is 9.60. The lowest BCUT2D eigenvalue weighted by molar-refractivity contribution is 0.180. The largest absolute Gasteiger partial charge is 0.496 e. The monoisotopic (exact) mass is 268 g/mol. The molecule has 0 saturated heterocycles. The number of methoxy groups -OCH3 is 1. The number of benzene rings is 2. The van der Waals surface area contributed by atoms with Crippen LogP contribution in [0.4, 0.5) is 0 Å². The highest BCUT2D eigenvalue weighted by Crippen LogP contribution is 2.35. The van der Waals surface area contributed by atoms with Crippen molar-refractivity contribution < 1.29 is 9.84 Å². The zero-order valence-corrected chi connectivity index (χ0v) is 12.2. The van der Waals surface area contributed by atoms with Gasteiger partial charge in [0.2, 0.25) is 0 Å². The van der Waals surface area contributed by atoms with E-state index in [0.717, 1.165) is 35.3 Å². The number of hydrogen-bond acceptors (Lipinski definition) is 2. The third-order valence-corrected chi connectivity index (χ3v) is 4.19. The molecule has 20 heavy (non-hydrogen) atoms. The van der Waals surface area contributed by atoms with E-state index in [9.17, 15) is 5.11 Å². The van der Waals surface area contributed by atoms with Gasteiger partial charge in [-0.25, -0.2) is 0 Å². The van der Waals surface area contributed by atoms with Crippen LogP contribution in [0.1, 0.15) is 34.8 Å². The maximum atomic E-state index is 9.88. The van der Waals surface area contributed by atoms with Crippen LogP contribution in [-0.2, 0) is 6.42 Å². The van der Waals surface area contributed by atoms with E-state index >= 15 is 0 Å². The van der Waals surface area contributed by atoms with Crippen molar-refractivity contribution in [3.8, 4) is 16.9 Å². The molecule has 3 rings (SSSR count). The maximum absolute atomic E-state index is 9.88. The smallest absolute Gasteiger partial charge is 0.124 e. The predicted octanol–water partition coefficient (Wildman–Crippen LogP) is 3.96. The quantitative estimate of drug-likeness (QED) is 0.893. The third-order valence-electron chi connectivity index (χ3n) is 4.19. The fourth-order valence-corrected chi connectivity index (χ4v) is 3.21. The Kier molecular flexibility index (Phi) is 3.27. The topological polar surface area (TPSA) is 29.5 Å². The molecule has 0 aromatic heterocycles. The zero-order valence-electron chi connectivity index (χ0n) is 12.2. The van der Waals surface area contributed by atoms with Crippen molar-refractivity contribution in [1.29, 1.82) is 0 Å². The molecule has 0 radical (unpaired) electrons. The van der Waals surface area contributed by atoms with E-state index in [-0.39, 0.29) is 6.10 Å². The SMILES string of the molecule is COc1c(C)cc(-c2ccc3c(c2)CC[C@@H]3O)cc1C. The standard InChI is InChI=1S/C18H20O2/c1-11-8-15(9-12(2)18(11)20-3)13-4-6-16-14(10-13)5-7-17(16)19/h4,6,8-10,17,19H,5,7H2,1-3H3/t17-/m0/s1. The second-order valence-corrected chi connectivity index (χ2v) is 5.61. The molecule has 0 heterocycles. The first-order valence-corrected chi connectivity index (χ1v) is 7.06. The molecule has 0 fully saturated rings. The van der Waals surface area contributed by atoms with Gasteiger partial charge in [-0.15, -0.1) is 0 Å². The molecule has 0 unspecified atom stereocenters. The van der Waals surface area contributed by atoms with E-state index in [0.29, 0.717) is 0 Å². The summed E-state index contributed by atoms with van der Waals surface area (Å²) in [6, 6.07) is 10.7. The lowest BCUT2D eigenvalue weighted by atomic mass is 9.97. The number of rotatable bonds is 2. The number of hydrogen-bond donors (Lipinski definition) is 1. The van der Waals surface area contributed by atoms with Crippen LogP contribution in [0.5, 0.6) is 5.75 Å². The lowest BCUT2D eigenvalue weighted by Gasteiger charge is -2.12. The first-order valence-electron chi connectivity index (χ1n) is 7.06. The highest BCUT2D eigenvalue weighted by atomic mass is 16.5. The second kappa shape index (κ2) is 4.95. The Hall–Kier alpha value is -1.80. The van der Waals surface area contributed by atoms with Crippen LogP contribution in [0.15, 0.2) is 30.3 Å². The molecular weight excluding hydrogens is 248 g/mol. The van der Waals surface area contributed by atoms with Gasteiger partial charge in [-0.05, 0) is 72.2 Å². The van der Waals surface area contributed by atoms with Crippen molar-refractivity contribution in [2.24, 2.45) is 0 Å². The third kappa shape index (κ3) is 2.10. The second-order valence-electron chi connectivity index (χ2n) is 5.61. The number of aliphatic hydroxyl groups excluding tert-OH is 1. The van der Waals surface area contributed by atoms with Gasteiger partial charge < -0.3 is 9.84 Å². The molecule has 0 bridgehead atoms. The average molecular weight is 268 g/mol. The molecular formula is C18H20O2. The van der Waals surface area contributed by atoms with Crippen LogP contribution in [0, 0.1) is 13.8 Å². The molecule has 0 amide bonds. The fourth-order valence-electron chi connectivity index (χ4n) is 3.21. The summed E-state index contributed by atoms with van der Waals surface area (Å²) in [5.41, 5.74) is 7.11. The minimum Gasteiger partial charge on any atom is -0.496 e. The minimum absolute atomic E-state index is 0.279. The summed E-state index contributed by atoms with van der Waals surface area (Å²) in [7, 11) is 1.71. The van der Waals surface area contributed by atoms with Crippen LogP contribution in [0.25, 0.3) is 11.1 Å². The van der Waals surface area contributed by atoms with E-state index in [1.807, 2.05) is 0 Å². The molecule has 2 heteroatoms. The van der Waals surface area contributed by atoms with E-state index in [1.54, 1.807) is 7.11 Å². The maximum Gasteiger partial charge on any atom is 0.124 e. The van der Waals surface area contributed by atoms with Gasteiger partial charge in [0.15, 0.2) is 0 Å². The van der Waals surface area contributed by atoms with E-state index in [2.05, 4.69) is 44.2 Å². The number of fused-ring (bicyclic) bond motifs is 1. The Morgan fingerprint density at radius 2 is 1.75 bits per heavy atom. The Morgan fingerprint density at radius 3 is 2.40 bits per heavy atom. The molecule has 0 spiro atoms. The van der Waals surface area contributed by atoms with Crippen molar-refractivity contribution >= 4 is 0 Å². The van der Waals surface area contributed by atoms with Crippen LogP contribution in [0.2, 0.25) is 0 Å². The molecule has 2 aromatic rings. The summed E-state index contributed by atoms with van der Waals surface area (Å²) in [6.45, 7) is 4.15. The molecule has 1 aliphatic carbocycles. The summed E-state index contributed by atoms with van der Waals surface area (Å²) in [4.78, 5) is 0. The summed E-state index contributed by atoms with van der Waals surface area (Å²) < 4.78 is 5.42. The van der Waals surface area contributed by atoms with Crippen molar-refractivity contribution in [3.63, 3.8) is 0 Å². The first kappa shape index (κ1) is 13.2. The Balaban J connectivity index is 2.06. The molecule has 0 aliphatic heterocycles. The summed E-state index contributed by atoms with van der Waals surface area (Å²) >= 11 is 0. The van der Waals surface area contributed by atoms with Gasteiger partial charge in [0, 0.05) is 0 Å². The van der Waals surface area contributed by atoms with Gasteiger partial charge in [0.1, 0.15) is 5.75 Å². The van der Waals surface area contributed by atoms with Crippen molar-refractivity contribution in [2.45, 2.75) is 32.8 Å². The van der Waals surface area contributed by atoms with Gasteiger partial charge in [0.25, 0.3) is 0 Å². The average Bonchev–Trinajstić information content (AvgIpc) is 2.79. The Bertz CT molecular complexity index is 635. The Labute approximate surface area is 120 Å². The van der Waals surface area contributed by atoms with Crippen molar-refractivity contribution in [2.75, 3.05) is 7.11 Å². The molecule has 0 saturated carbocycles. The van der Waals surface area contributed by atoms with Gasteiger partial charge in [-0.2, -0.15) is 0 Å². The summed E-state index contributed by atoms with van der Waals surface area (Å²) in [5.74, 6) is 0.963. The Morgan fingerprint density at radius 1 is 1.05 bits per heavy atom. The minimum atomic E-state index is -0.279. The normalized spacial score (nSPS) is 17.1. The van der Waals surface area contributed by atoms with E-state index < -0.39 is 0 Å². The number of ether oxygens (including phenoxy) is 1. The van der Waals surface area contributed by atoms with Gasteiger partial charge in [-0.3, -0.25) is 0 Å². The number of aliphatic hydroxyl groups is 1. The lowest BCUT2D eigenvalue weighted by Crippen LogP contribution is -1.93. The molecule has 2 nitrogen and oxygen atoms in total. The molecule has 104 valence electrons. The predicted molar refractivity (Wildman–Crippen MR) is 81.2 cm³/mol. The molecule has 1 atom stereocenters. The van der Waals surface area contributed by atoms with Crippen LogP contribution >= 0.6 is 0 Å². The van der Waals surface area contributed by atoms with Gasteiger partial charge in [-0.1, -0.05) is 18.2 Å². The van der Waals surface area contributed by atoms with Crippen LogP contribution in [0.3, 0.4) is 0 Å². The van der Waals surface area contributed by atoms with Crippen molar-refractivity contribution in [1.82, 2.24) is 0 Å². The zero-order chi connectivity index (χ0) is 14.3. The van der Waals surface area contributed by atoms with Crippen molar-refractivity contribution in [3.05, 3.63) is 52.6 Å². The molecule has 1 aliphatic rings.